The first kappa shape index (κ1) is 16.9. The van der Waals surface area contributed by atoms with Crippen molar-refractivity contribution >= 4 is 22.6 Å². The van der Waals surface area contributed by atoms with Gasteiger partial charge in [0.2, 0.25) is 11.3 Å². The number of benzene rings is 1. The Hall–Kier alpha value is -1.51. The molecule has 0 radical (unpaired) electrons. The molecule has 2 N–H and O–H groups in total. The highest BCUT2D eigenvalue weighted by atomic mass is 32.2. The maximum Gasteiger partial charge on any atom is 0.292 e. The summed E-state index contributed by atoms with van der Waals surface area (Å²) < 4.78 is 21.9. The van der Waals surface area contributed by atoms with E-state index < -0.39 is 11.3 Å². The zero-order valence-corrected chi connectivity index (χ0v) is 14.8. The van der Waals surface area contributed by atoms with Gasteiger partial charge in [0, 0.05) is 25.7 Å². The smallest absolute Gasteiger partial charge is 0.292 e. The summed E-state index contributed by atoms with van der Waals surface area (Å²) in [7, 11) is 0. The predicted octanol–water partition coefficient (Wildman–Crippen LogP) is 2.49. The lowest BCUT2D eigenvalue weighted by Crippen LogP contribution is -2.43. The summed E-state index contributed by atoms with van der Waals surface area (Å²) in [4.78, 5) is 13.4. The molecule has 2 saturated carbocycles. The molecule has 1 spiro atoms. The minimum Gasteiger partial charge on any atom is -0.365 e. The van der Waals surface area contributed by atoms with E-state index in [1.807, 2.05) is 6.07 Å². The van der Waals surface area contributed by atoms with Crippen molar-refractivity contribution < 1.29 is 13.7 Å². The van der Waals surface area contributed by atoms with Crippen molar-refractivity contribution in [1.29, 1.82) is 0 Å². The topological polar surface area (TPSA) is 95.7 Å². The minimum atomic E-state index is -2.03. The molecule has 3 fully saturated rings. The molecular formula is C17H23N3O4S. The molecule has 4 rings (SSSR count). The number of hydrogen-bond acceptors (Lipinski definition) is 4. The van der Waals surface area contributed by atoms with Crippen LogP contribution in [0.15, 0.2) is 18.2 Å². The summed E-state index contributed by atoms with van der Waals surface area (Å²) in [6.45, 7) is 2.19. The summed E-state index contributed by atoms with van der Waals surface area (Å²) in [5.74, 6) is 1.35. The first-order chi connectivity index (χ1) is 12.0. The zero-order valence-electron chi connectivity index (χ0n) is 14.0. The van der Waals surface area contributed by atoms with Crippen molar-refractivity contribution in [3.05, 3.63) is 33.9 Å². The molecule has 1 saturated heterocycles. The van der Waals surface area contributed by atoms with E-state index in [0.717, 1.165) is 18.7 Å². The van der Waals surface area contributed by atoms with Gasteiger partial charge in [0.05, 0.1) is 4.92 Å². The van der Waals surface area contributed by atoms with E-state index >= 15 is 0 Å². The Bertz CT molecular complexity index is 706. The Labute approximate surface area is 149 Å². The number of nitrogens with zero attached hydrogens (tertiary/aromatic N) is 2. The average molecular weight is 365 g/mol. The third-order valence-electron chi connectivity index (χ3n) is 6.42. The van der Waals surface area contributed by atoms with E-state index in [2.05, 4.69) is 9.62 Å². The number of nitrogens with one attached hydrogen (secondary N) is 1. The lowest BCUT2D eigenvalue weighted by Gasteiger charge is -2.39. The highest BCUT2D eigenvalue weighted by Gasteiger charge is 2.60. The first-order valence-corrected chi connectivity index (χ1v) is 9.97. The molecule has 0 aromatic heterocycles. The third kappa shape index (κ3) is 3.07. The molecule has 7 nitrogen and oxygen atoms in total. The van der Waals surface area contributed by atoms with Crippen molar-refractivity contribution in [1.82, 2.24) is 4.72 Å². The van der Waals surface area contributed by atoms with E-state index in [4.69, 9.17) is 4.55 Å². The van der Waals surface area contributed by atoms with Crippen LogP contribution in [-0.4, -0.2) is 33.3 Å². The van der Waals surface area contributed by atoms with E-state index in [0.29, 0.717) is 35.9 Å². The van der Waals surface area contributed by atoms with Crippen LogP contribution in [0, 0.1) is 27.4 Å². The number of hydrogen-bond donors (Lipinski definition) is 2. The van der Waals surface area contributed by atoms with E-state index in [-0.39, 0.29) is 10.6 Å². The van der Waals surface area contributed by atoms with Crippen molar-refractivity contribution in [3.63, 3.8) is 0 Å². The normalized spacial score (nSPS) is 27.5. The van der Waals surface area contributed by atoms with E-state index in [9.17, 15) is 14.3 Å². The van der Waals surface area contributed by atoms with Crippen molar-refractivity contribution in [3.8, 4) is 0 Å². The second-order valence-corrected chi connectivity index (χ2v) is 8.37. The molecule has 136 valence electrons. The second-order valence-electron chi connectivity index (χ2n) is 7.58. The zero-order chi connectivity index (χ0) is 17.6. The van der Waals surface area contributed by atoms with Crippen LogP contribution >= 0.6 is 0 Å². The fourth-order valence-corrected chi connectivity index (χ4v) is 5.31. The van der Waals surface area contributed by atoms with Crippen molar-refractivity contribution in [2.24, 2.45) is 17.3 Å². The molecule has 3 aliphatic rings. The largest absolute Gasteiger partial charge is 0.365 e. The Morgan fingerprint density at radius 3 is 2.56 bits per heavy atom. The SMILES string of the molecule is O=[N+]([O-])c1ccc(CCNS(=O)O)cc1N1C[C@H]2CC[C@@H](C1)C21CC1. The summed E-state index contributed by atoms with van der Waals surface area (Å²) in [5.41, 5.74) is 2.36. The number of piperidine rings is 1. The minimum absolute atomic E-state index is 0.161. The van der Waals surface area contributed by atoms with Crippen LogP contribution in [0.1, 0.15) is 31.2 Å². The van der Waals surface area contributed by atoms with Gasteiger partial charge in [-0.05, 0) is 61.0 Å². The lowest BCUT2D eigenvalue weighted by atomic mass is 9.81. The molecule has 0 amide bonds. The molecule has 1 aliphatic heterocycles. The quantitative estimate of drug-likeness (QED) is 0.459. The lowest BCUT2D eigenvalue weighted by molar-refractivity contribution is -0.384. The van der Waals surface area contributed by atoms with Gasteiger partial charge in [-0.2, -0.15) is 0 Å². The third-order valence-corrected chi connectivity index (χ3v) is 6.87. The van der Waals surface area contributed by atoms with Crippen LogP contribution in [-0.2, 0) is 17.7 Å². The molecule has 1 unspecified atom stereocenters. The Morgan fingerprint density at radius 2 is 2.00 bits per heavy atom. The van der Waals surface area contributed by atoms with Gasteiger partial charge in [0.1, 0.15) is 5.69 Å². The van der Waals surface area contributed by atoms with Crippen LogP contribution in [0.5, 0.6) is 0 Å². The molecule has 1 aromatic carbocycles. The van der Waals surface area contributed by atoms with Gasteiger partial charge in [-0.15, -0.1) is 0 Å². The highest BCUT2D eigenvalue weighted by molar-refractivity contribution is 7.77. The highest BCUT2D eigenvalue weighted by Crippen LogP contribution is 2.66. The van der Waals surface area contributed by atoms with Crippen LogP contribution < -0.4 is 9.62 Å². The van der Waals surface area contributed by atoms with Gasteiger partial charge in [-0.25, -0.2) is 8.93 Å². The van der Waals surface area contributed by atoms with Crippen LogP contribution in [0.4, 0.5) is 11.4 Å². The fourth-order valence-electron chi connectivity index (χ4n) is 5.04. The second kappa shape index (κ2) is 6.34. The van der Waals surface area contributed by atoms with Gasteiger partial charge in [0.15, 0.2) is 0 Å². The summed E-state index contributed by atoms with van der Waals surface area (Å²) in [6, 6.07) is 5.21. The molecule has 3 atom stereocenters. The monoisotopic (exact) mass is 365 g/mol. The predicted molar refractivity (Wildman–Crippen MR) is 95.7 cm³/mol. The number of rotatable bonds is 6. The van der Waals surface area contributed by atoms with Crippen molar-refractivity contribution in [2.45, 2.75) is 32.1 Å². The maximum absolute atomic E-state index is 11.5. The standard InChI is InChI=1S/C17H23N3O4S/c21-20(22)15-4-1-12(5-8-18-25(23)24)9-16(15)19-10-13-2-3-14(11-19)17(13)6-7-17/h1,4,9,13-14,18H,2-3,5-8,10-11H2,(H,23,24)/t13-,14+. The van der Waals surface area contributed by atoms with Gasteiger partial charge < -0.3 is 4.90 Å². The Morgan fingerprint density at radius 1 is 1.32 bits per heavy atom. The van der Waals surface area contributed by atoms with Gasteiger partial charge in [0.25, 0.3) is 5.69 Å². The molecule has 8 heteroatoms. The molecule has 2 bridgehead atoms. The fraction of sp³-hybridized carbons (Fsp3) is 0.647. The molecule has 2 aliphatic carbocycles. The summed E-state index contributed by atoms with van der Waals surface area (Å²) >= 11 is -2.03. The maximum atomic E-state index is 11.5. The van der Waals surface area contributed by atoms with Gasteiger partial charge in [-0.3, -0.25) is 14.7 Å². The van der Waals surface area contributed by atoms with Crippen LogP contribution in [0.25, 0.3) is 0 Å². The summed E-state index contributed by atoms with van der Waals surface area (Å²) in [6.07, 6.45) is 5.73. The number of nitro groups is 1. The van der Waals surface area contributed by atoms with Gasteiger partial charge in [-0.1, -0.05) is 6.07 Å². The van der Waals surface area contributed by atoms with E-state index in [1.165, 1.54) is 25.7 Å². The Balaban J connectivity index is 1.56. The van der Waals surface area contributed by atoms with Gasteiger partial charge >= 0.3 is 0 Å². The molecule has 25 heavy (non-hydrogen) atoms. The molecule has 1 heterocycles. The first-order valence-electron chi connectivity index (χ1n) is 8.86. The molecular weight excluding hydrogens is 342 g/mol. The van der Waals surface area contributed by atoms with Crippen LogP contribution in [0.2, 0.25) is 0 Å². The summed E-state index contributed by atoms with van der Waals surface area (Å²) in [5, 5.41) is 11.5. The van der Waals surface area contributed by atoms with E-state index in [1.54, 1.807) is 12.1 Å². The molecule has 1 aromatic rings. The number of nitro benzene ring substituents is 1. The van der Waals surface area contributed by atoms with Crippen LogP contribution in [0.3, 0.4) is 0 Å². The Kier molecular flexibility index (Phi) is 4.29. The average Bonchev–Trinajstić information content (AvgIpc) is 3.31. The van der Waals surface area contributed by atoms with Crippen molar-refractivity contribution in [2.75, 3.05) is 24.5 Å². The number of anilines is 1.